The van der Waals surface area contributed by atoms with Gasteiger partial charge in [-0.1, -0.05) is 111 Å². The summed E-state index contributed by atoms with van der Waals surface area (Å²) >= 11 is 0. The standard InChI is InChI=1S/2C14H32P2.2Ni.2H2S/c2*1-11(2)15(12(3)4)9-10-16(13(5)6)14(7)8;;;;/h2*11-14H,9-10H2,1-8H3;;;2*1H2/q;;;+2;;/p-2. The first-order valence-electron chi connectivity index (χ1n) is 13.6. The van der Waals surface area contributed by atoms with Gasteiger partial charge in [-0.2, -0.15) is 0 Å². The molecule has 0 spiro atoms. The largest absolute Gasteiger partial charge is 2.00 e. The first-order valence-corrected chi connectivity index (χ1v) is 20.2. The van der Waals surface area contributed by atoms with Crippen molar-refractivity contribution in [2.45, 2.75) is 156 Å². The molecule has 0 N–H and O–H groups in total. The second-order valence-corrected chi connectivity index (χ2v) is 25.9. The Kier molecular flexibility index (Phi) is 41.3. The van der Waals surface area contributed by atoms with Crippen LogP contribution in [0.15, 0.2) is 0 Å². The zero-order valence-corrected chi connectivity index (χ0v) is 34.1. The van der Waals surface area contributed by atoms with Crippen molar-refractivity contribution < 1.29 is 33.0 Å². The van der Waals surface area contributed by atoms with E-state index in [4.69, 9.17) is 0 Å². The fourth-order valence-electron chi connectivity index (χ4n) is 4.91. The molecule has 0 aromatic rings. The Labute approximate surface area is 270 Å². The van der Waals surface area contributed by atoms with Crippen molar-refractivity contribution in [3.8, 4) is 0 Å². The third-order valence-corrected chi connectivity index (χ3v) is 20.8. The minimum atomic E-state index is 0. The van der Waals surface area contributed by atoms with Gasteiger partial charge < -0.3 is 27.0 Å². The quantitative estimate of drug-likeness (QED) is 0.0763. The molecule has 0 rings (SSSR count). The van der Waals surface area contributed by atoms with Gasteiger partial charge in [-0.25, -0.2) is 0 Å². The summed E-state index contributed by atoms with van der Waals surface area (Å²) in [6.45, 7) is 38.6. The normalized spacial score (nSPS) is 11.7. The van der Waals surface area contributed by atoms with E-state index in [2.05, 4.69) is 111 Å². The Morgan fingerprint density at radius 3 is 0.444 bits per heavy atom. The van der Waals surface area contributed by atoms with Crippen LogP contribution in [0.3, 0.4) is 0 Å². The molecule has 0 aromatic heterocycles. The van der Waals surface area contributed by atoms with E-state index >= 15 is 0 Å². The maximum absolute atomic E-state index is 2.42. The van der Waals surface area contributed by atoms with Gasteiger partial charge in [0.05, 0.1) is 0 Å². The van der Waals surface area contributed by atoms with Gasteiger partial charge in [0.2, 0.25) is 0 Å². The van der Waals surface area contributed by atoms with Crippen LogP contribution >= 0.6 is 31.7 Å². The maximum atomic E-state index is 2.42. The van der Waals surface area contributed by atoms with Crippen LogP contribution < -0.4 is 0 Å². The third-order valence-electron chi connectivity index (χ3n) is 6.54. The fourth-order valence-corrected chi connectivity index (χ4v) is 17.5. The Bertz CT molecular complexity index is 337. The van der Waals surface area contributed by atoms with Crippen LogP contribution in [0.2, 0.25) is 0 Å². The average Bonchev–Trinajstić information content (AvgIpc) is 2.59. The molecule has 0 fully saturated rings. The summed E-state index contributed by atoms with van der Waals surface area (Å²) in [5.74, 6) is 0. The molecule has 0 aliphatic heterocycles. The topological polar surface area (TPSA) is 0 Å². The first kappa shape index (κ1) is 52.1. The van der Waals surface area contributed by atoms with Crippen molar-refractivity contribution >= 4 is 58.7 Å². The smallest absolute Gasteiger partial charge is 0.813 e. The van der Waals surface area contributed by atoms with Crippen LogP contribution in [0, 0.1) is 0 Å². The molecule has 0 saturated heterocycles. The third kappa shape index (κ3) is 24.0. The molecule has 0 atom stereocenters. The second kappa shape index (κ2) is 28.5. The van der Waals surface area contributed by atoms with Crippen LogP contribution in [0.4, 0.5) is 0 Å². The molecule has 0 aliphatic carbocycles. The van der Waals surface area contributed by atoms with Gasteiger partial charge in [-0.05, 0) is 69.9 Å². The first-order chi connectivity index (χ1) is 14.5. The zero-order chi connectivity index (χ0) is 25.8. The Hall–Kier alpha value is 3.41. The van der Waals surface area contributed by atoms with Crippen molar-refractivity contribution in [1.29, 1.82) is 0 Å². The predicted octanol–water partition coefficient (Wildman–Crippen LogP) is 10.6. The summed E-state index contributed by atoms with van der Waals surface area (Å²) in [6.07, 6.45) is 6.03. The van der Waals surface area contributed by atoms with Gasteiger partial charge in [0.25, 0.3) is 0 Å². The number of thiol groups is 2. The van der Waals surface area contributed by atoms with Crippen molar-refractivity contribution in [1.82, 2.24) is 0 Å². The van der Waals surface area contributed by atoms with Gasteiger partial charge in [-0.15, -0.1) is 31.7 Å². The van der Waals surface area contributed by atoms with E-state index in [9.17, 15) is 0 Å². The van der Waals surface area contributed by atoms with Crippen molar-refractivity contribution in [2.24, 2.45) is 0 Å². The van der Waals surface area contributed by atoms with Crippen molar-refractivity contribution in [2.75, 3.05) is 24.6 Å². The molecule has 0 heterocycles. The summed E-state index contributed by atoms with van der Waals surface area (Å²) in [4.78, 5) is 0. The van der Waals surface area contributed by atoms with E-state index in [1.54, 1.807) is 0 Å². The van der Waals surface area contributed by atoms with E-state index in [0.29, 0.717) is 0 Å². The van der Waals surface area contributed by atoms with E-state index in [-0.39, 0.29) is 91.7 Å². The van der Waals surface area contributed by atoms with Crippen LogP contribution in [0.5, 0.6) is 0 Å². The molecular formula is C28H66Ni2P4S2. The van der Waals surface area contributed by atoms with Gasteiger partial charge >= 0.3 is 16.5 Å². The number of hydrogen-bond acceptors (Lipinski definition) is 2. The summed E-state index contributed by atoms with van der Waals surface area (Å²) in [7, 11) is 1.02. The van der Waals surface area contributed by atoms with E-state index < -0.39 is 0 Å². The maximum Gasteiger partial charge on any atom is 2.00 e. The van der Waals surface area contributed by atoms with Crippen LogP contribution in [-0.4, -0.2) is 69.9 Å². The summed E-state index contributed by atoms with van der Waals surface area (Å²) in [5, 5.41) is 0. The van der Waals surface area contributed by atoms with Crippen LogP contribution in [0.25, 0.3) is 0 Å². The van der Waals surface area contributed by atoms with Crippen molar-refractivity contribution in [3.05, 3.63) is 0 Å². The molecule has 0 aliphatic rings. The van der Waals surface area contributed by atoms with Gasteiger partial charge in [0.1, 0.15) is 0 Å². The molecule has 0 amide bonds. The van der Waals surface area contributed by atoms with E-state index in [0.717, 1.165) is 45.3 Å². The van der Waals surface area contributed by atoms with E-state index in [1.165, 1.54) is 24.6 Å². The summed E-state index contributed by atoms with van der Waals surface area (Å²) in [5.41, 5.74) is 7.27. The monoisotopic (exact) mass is 706 g/mol. The minimum Gasteiger partial charge on any atom is -0.813 e. The van der Waals surface area contributed by atoms with Gasteiger partial charge in [-0.3, -0.25) is 0 Å². The Balaban J connectivity index is -0.000000112. The molecule has 0 nitrogen and oxygen atoms in total. The molecule has 0 radical (unpaired) electrons. The average molecular weight is 708 g/mol. The molecular weight excluding hydrogens is 642 g/mol. The molecule has 0 unspecified atom stereocenters. The zero-order valence-electron chi connectivity index (χ0n) is 26.8. The van der Waals surface area contributed by atoms with Crippen LogP contribution in [-0.2, 0) is 60.0 Å². The molecule has 0 bridgehead atoms. The molecule has 0 aromatic carbocycles. The minimum absolute atomic E-state index is 0. The second-order valence-electron chi connectivity index (χ2n) is 11.7. The molecule has 0 saturated carbocycles. The van der Waals surface area contributed by atoms with Gasteiger partial charge in [0.15, 0.2) is 0 Å². The fraction of sp³-hybridized carbons (Fsp3) is 1.00. The van der Waals surface area contributed by atoms with E-state index in [1.807, 2.05) is 0 Å². The summed E-state index contributed by atoms with van der Waals surface area (Å²) in [6, 6.07) is 0. The molecule has 8 heteroatoms. The summed E-state index contributed by atoms with van der Waals surface area (Å²) < 4.78 is 0. The van der Waals surface area contributed by atoms with Gasteiger partial charge in [0, 0.05) is 16.5 Å². The molecule has 230 valence electrons. The SMILES string of the molecule is CC(C)P(CCP(C(C)C)C(C)C)C(C)C.CC(C)P(CCP(C(C)C)C(C)C)C(C)C.[Ni+2].[Ni].[SH-].[SH-]. The Morgan fingerprint density at radius 2 is 0.389 bits per heavy atom. The molecule has 36 heavy (non-hydrogen) atoms. The van der Waals surface area contributed by atoms with Crippen LogP contribution in [0.1, 0.15) is 111 Å². The number of rotatable bonds is 14. The van der Waals surface area contributed by atoms with Crippen molar-refractivity contribution in [3.63, 3.8) is 0 Å². The number of hydrogen-bond donors (Lipinski definition) is 0. The predicted molar refractivity (Wildman–Crippen MR) is 186 cm³/mol. The Morgan fingerprint density at radius 1 is 0.306 bits per heavy atom.